The lowest BCUT2D eigenvalue weighted by Gasteiger charge is -2.20. The van der Waals surface area contributed by atoms with E-state index in [1.807, 2.05) is 31.3 Å². The second kappa shape index (κ2) is 5.02. The topological polar surface area (TPSA) is 23.5 Å². The summed E-state index contributed by atoms with van der Waals surface area (Å²) in [6, 6.07) is 16.3. The zero-order chi connectivity index (χ0) is 12.3. The van der Waals surface area contributed by atoms with Gasteiger partial charge in [0.2, 0.25) is 0 Å². The summed E-state index contributed by atoms with van der Waals surface area (Å²) >= 11 is 0. The first-order chi connectivity index (χ1) is 8.20. The monoisotopic (exact) mass is 227 g/mol. The molecule has 2 aromatic rings. The Morgan fingerprint density at radius 3 is 2.29 bits per heavy atom. The first kappa shape index (κ1) is 11.7. The molecule has 0 amide bonds. The van der Waals surface area contributed by atoms with Crippen LogP contribution in [0.5, 0.6) is 0 Å². The van der Waals surface area contributed by atoms with Gasteiger partial charge in [-0.15, -0.1) is 0 Å². The minimum Gasteiger partial charge on any atom is -0.392 e. The van der Waals surface area contributed by atoms with Crippen LogP contribution in [-0.2, 0) is 6.61 Å². The van der Waals surface area contributed by atoms with Gasteiger partial charge >= 0.3 is 0 Å². The maximum Gasteiger partial charge on any atom is 0.0681 e. The van der Waals surface area contributed by atoms with E-state index in [-0.39, 0.29) is 6.61 Å². The van der Waals surface area contributed by atoms with Crippen LogP contribution in [0, 0.1) is 6.92 Å². The van der Waals surface area contributed by atoms with Gasteiger partial charge in [0.15, 0.2) is 0 Å². The molecule has 2 heteroatoms. The molecule has 0 heterocycles. The maximum atomic E-state index is 9.01. The molecule has 0 aromatic heterocycles. The number of aliphatic hydroxyl groups is 1. The second-order valence-corrected chi connectivity index (χ2v) is 4.22. The highest BCUT2D eigenvalue weighted by Gasteiger charge is 2.03. The Labute approximate surface area is 102 Å². The summed E-state index contributed by atoms with van der Waals surface area (Å²) < 4.78 is 0. The Kier molecular flexibility index (Phi) is 3.45. The van der Waals surface area contributed by atoms with Crippen LogP contribution in [0.4, 0.5) is 11.4 Å². The molecule has 0 saturated carbocycles. The van der Waals surface area contributed by atoms with Gasteiger partial charge in [-0.25, -0.2) is 0 Å². The number of benzene rings is 2. The van der Waals surface area contributed by atoms with Crippen molar-refractivity contribution in [3.05, 3.63) is 59.7 Å². The predicted molar refractivity (Wildman–Crippen MR) is 71.6 cm³/mol. The van der Waals surface area contributed by atoms with E-state index in [0.29, 0.717) is 0 Å². The predicted octanol–water partition coefficient (Wildman–Crippen LogP) is 3.26. The highest BCUT2D eigenvalue weighted by Crippen LogP contribution is 2.24. The molecule has 0 atom stereocenters. The molecule has 17 heavy (non-hydrogen) atoms. The Morgan fingerprint density at radius 2 is 1.71 bits per heavy atom. The number of nitrogens with zero attached hydrogens (tertiary/aromatic N) is 1. The fourth-order valence-corrected chi connectivity index (χ4v) is 1.81. The lowest BCUT2D eigenvalue weighted by molar-refractivity contribution is 0.282. The molecule has 2 rings (SSSR count). The molecule has 0 spiro atoms. The molecule has 0 aliphatic carbocycles. The third-order valence-corrected chi connectivity index (χ3v) is 2.90. The van der Waals surface area contributed by atoms with Gasteiger partial charge in [-0.1, -0.05) is 24.3 Å². The van der Waals surface area contributed by atoms with Crippen molar-refractivity contribution in [1.29, 1.82) is 0 Å². The van der Waals surface area contributed by atoms with Gasteiger partial charge in [-0.2, -0.15) is 0 Å². The summed E-state index contributed by atoms with van der Waals surface area (Å²) in [5.74, 6) is 0. The molecule has 0 saturated heterocycles. The average molecular weight is 227 g/mol. The maximum absolute atomic E-state index is 9.01. The van der Waals surface area contributed by atoms with Gasteiger partial charge in [0.1, 0.15) is 0 Å². The Bertz CT molecular complexity index is 491. The zero-order valence-electron chi connectivity index (χ0n) is 10.2. The second-order valence-electron chi connectivity index (χ2n) is 4.22. The molecule has 0 aliphatic heterocycles. The number of hydrogen-bond donors (Lipinski definition) is 1. The fraction of sp³-hybridized carbons (Fsp3) is 0.200. The lowest BCUT2D eigenvalue weighted by Crippen LogP contribution is -2.09. The Morgan fingerprint density at radius 1 is 1.00 bits per heavy atom. The smallest absolute Gasteiger partial charge is 0.0681 e. The van der Waals surface area contributed by atoms with E-state index in [2.05, 4.69) is 36.1 Å². The summed E-state index contributed by atoms with van der Waals surface area (Å²) in [7, 11) is 2.04. The highest BCUT2D eigenvalue weighted by atomic mass is 16.3. The van der Waals surface area contributed by atoms with Gasteiger partial charge in [-0.3, -0.25) is 0 Å². The van der Waals surface area contributed by atoms with E-state index < -0.39 is 0 Å². The van der Waals surface area contributed by atoms with Crippen molar-refractivity contribution < 1.29 is 5.11 Å². The van der Waals surface area contributed by atoms with Gasteiger partial charge in [0.05, 0.1) is 6.61 Å². The van der Waals surface area contributed by atoms with E-state index in [0.717, 1.165) is 11.3 Å². The van der Waals surface area contributed by atoms with Crippen molar-refractivity contribution >= 4 is 11.4 Å². The first-order valence-corrected chi connectivity index (χ1v) is 5.71. The molecular weight excluding hydrogens is 210 g/mol. The summed E-state index contributed by atoms with van der Waals surface area (Å²) in [5, 5.41) is 9.01. The van der Waals surface area contributed by atoms with Gasteiger partial charge in [0.25, 0.3) is 0 Å². The van der Waals surface area contributed by atoms with Crippen LogP contribution in [0.2, 0.25) is 0 Å². The van der Waals surface area contributed by atoms with E-state index in [9.17, 15) is 0 Å². The molecule has 2 nitrogen and oxygen atoms in total. The lowest BCUT2D eigenvalue weighted by atomic mass is 10.1. The van der Waals surface area contributed by atoms with Crippen LogP contribution in [0.25, 0.3) is 0 Å². The van der Waals surface area contributed by atoms with Crippen molar-refractivity contribution in [2.45, 2.75) is 13.5 Å². The average Bonchev–Trinajstić information content (AvgIpc) is 2.38. The summed E-state index contributed by atoms with van der Waals surface area (Å²) in [4.78, 5) is 2.13. The van der Waals surface area contributed by atoms with Crippen molar-refractivity contribution in [3.8, 4) is 0 Å². The van der Waals surface area contributed by atoms with Crippen molar-refractivity contribution in [2.24, 2.45) is 0 Å². The number of aryl methyl sites for hydroxylation is 1. The fourth-order valence-electron chi connectivity index (χ4n) is 1.81. The van der Waals surface area contributed by atoms with Crippen LogP contribution < -0.4 is 4.90 Å². The van der Waals surface area contributed by atoms with Crippen LogP contribution in [0.1, 0.15) is 11.1 Å². The molecule has 0 aliphatic rings. The number of hydrogen-bond acceptors (Lipinski definition) is 2. The SMILES string of the molecule is Cc1cccc(N(C)c2ccc(CO)cc2)c1. The van der Waals surface area contributed by atoms with Crippen LogP contribution in [0.3, 0.4) is 0 Å². The Hall–Kier alpha value is -1.80. The third kappa shape index (κ3) is 2.66. The number of rotatable bonds is 3. The van der Waals surface area contributed by atoms with E-state index in [1.165, 1.54) is 11.3 Å². The molecule has 0 radical (unpaired) electrons. The van der Waals surface area contributed by atoms with Crippen molar-refractivity contribution in [2.75, 3.05) is 11.9 Å². The van der Waals surface area contributed by atoms with Crippen molar-refractivity contribution in [1.82, 2.24) is 0 Å². The quantitative estimate of drug-likeness (QED) is 0.870. The van der Waals surface area contributed by atoms with E-state index in [4.69, 9.17) is 5.11 Å². The molecule has 0 bridgehead atoms. The van der Waals surface area contributed by atoms with Crippen molar-refractivity contribution in [3.63, 3.8) is 0 Å². The summed E-state index contributed by atoms with van der Waals surface area (Å²) in [6.07, 6.45) is 0. The summed E-state index contributed by atoms with van der Waals surface area (Å²) in [6.45, 7) is 2.18. The van der Waals surface area contributed by atoms with Crippen LogP contribution >= 0.6 is 0 Å². The van der Waals surface area contributed by atoms with Gasteiger partial charge in [0, 0.05) is 18.4 Å². The number of aliphatic hydroxyl groups excluding tert-OH is 1. The van der Waals surface area contributed by atoms with Gasteiger partial charge in [-0.05, 0) is 42.3 Å². The molecule has 0 unspecified atom stereocenters. The molecular formula is C15H17NO. The third-order valence-electron chi connectivity index (χ3n) is 2.90. The Balaban J connectivity index is 2.27. The molecule has 0 fully saturated rings. The highest BCUT2D eigenvalue weighted by molar-refractivity contribution is 5.63. The minimum atomic E-state index is 0.0917. The molecule has 88 valence electrons. The standard InChI is InChI=1S/C15H17NO/c1-12-4-3-5-15(10-12)16(2)14-8-6-13(11-17)7-9-14/h3-10,17H,11H2,1-2H3. The van der Waals surface area contributed by atoms with E-state index in [1.54, 1.807) is 0 Å². The van der Waals surface area contributed by atoms with E-state index >= 15 is 0 Å². The van der Waals surface area contributed by atoms with Gasteiger partial charge < -0.3 is 10.0 Å². The minimum absolute atomic E-state index is 0.0917. The van der Waals surface area contributed by atoms with Crippen LogP contribution in [0.15, 0.2) is 48.5 Å². The summed E-state index contributed by atoms with van der Waals surface area (Å²) in [5.41, 5.74) is 4.47. The molecule has 2 aromatic carbocycles. The first-order valence-electron chi connectivity index (χ1n) is 5.71. The largest absolute Gasteiger partial charge is 0.392 e. The number of anilines is 2. The zero-order valence-corrected chi connectivity index (χ0v) is 10.2. The normalized spacial score (nSPS) is 10.3. The van der Waals surface area contributed by atoms with Crippen LogP contribution in [-0.4, -0.2) is 12.2 Å². The molecule has 1 N–H and O–H groups in total.